The van der Waals surface area contributed by atoms with Gasteiger partial charge in [-0.2, -0.15) is 0 Å². The molecule has 1 amide bonds. The van der Waals surface area contributed by atoms with Crippen molar-refractivity contribution >= 4 is 42.4 Å². The number of benzene rings is 1. The van der Waals surface area contributed by atoms with Gasteiger partial charge in [0.05, 0.1) is 24.2 Å². The largest absolute Gasteiger partial charge is 0.494 e. The zero-order chi connectivity index (χ0) is 31.0. The van der Waals surface area contributed by atoms with Crippen molar-refractivity contribution in [1.82, 2.24) is 14.9 Å². The summed E-state index contributed by atoms with van der Waals surface area (Å²) in [5.74, 6) is 0.782. The maximum atomic E-state index is 12.4. The highest BCUT2D eigenvalue weighted by molar-refractivity contribution is 6.47. The molecule has 1 radical (unpaired) electrons. The van der Waals surface area contributed by atoms with Crippen molar-refractivity contribution < 1.29 is 9.53 Å². The van der Waals surface area contributed by atoms with Gasteiger partial charge in [0.15, 0.2) is 0 Å². The summed E-state index contributed by atoms with van der Waals surface area (Å²) in [6, 6.07) is 5.80. The number of fused-ring (bicyclic) bond motifs is 2. The first kappa shape index (κ1) is 32.0. The van der Waals surface area contributed by atoms with E-state index < -0.39 is 0 Å². The molecule has 2 aromatic rings. The van der Waals surface area contributed by atoms with Crippen molar-refractivity contribution in [2.24, 2.45) is 0 Å². The van der Waals surface area contributed by atoms with Crippen LogP contribution in [0.15, 0.2) is 60.9 Å². The normalized spacial score (nSPS) is 21.7. The molecule has 0 spiro atoms. The Labute approximate surface area is 257 Å². The van der Waals surface area contributed by atoms with Gasteiger partial charge < -0.3 is 30.6 Å². The van der Waals surface area contributed by atoms with Crippen molar-refractivity contribution in [3.05, 3.63) is 66.5 Å². The molecule has 1 aromatic carbocycles. The molecule has 43 heavy (non-hydrogen) atoms. The first-order valence-corrected chi connectivity index (χ1v) is 15.0. The standard InChI is InChI=1S/C33H45BN7O2/c1-7-9-12-24(23-35)32-14-10-16-33(34-32,17-11-15-32)29-13-18-36-31(39-29)38-26-21-25(37-30(42)8-2)27(22-28(26)43-6)41(5)20-19-40(3)4/h7-9,12-13,18,21-23,35H,2,10-11,14-17,19-20H2,1,3-6H3,(H,37,42)(H,36,38,39)/b9-7-,24-12+,35-23?. The van der Waals surface area contributed by atoms with E-state index in [0.717, 1.165) is 68.6 Å². The lowest BCUT2D eigenvalue weighted by molar-refractivity contribution is -0.111. The molecule has 2 aliphatic heterocycles. The van der Waals surface area contributed by atoms with Crippen LogP contribution in [0.1, 0.15) is 51.1 Å². The van der Waals surface area contributed by atoms with E-state index in [1.807, 2.05) is 64.6 Å². The number of anilines is 4. The topological polar surface area (TPSA) is 106 Å². The van der Waals surface area contributed by atoms with E-state index >= 15 is 0 Å². The monoisotopic (exact) mass is 582 g/mol. The van der Waals surface area contributed by atoms with E-state index in [0.29, 0.717) is 23.1 Å². The van der Waals surface area contributed by atoms with Gasteiger partial charge in [-0.15, -0.1) is 0 Å². The van der Waals surface area contributed by atoms with Crippen LogP contribution < -0.4 is 20.3 Å². The van der Waals surface area contributed by atoms with Crippen molar-refractivity contribution in [3.8, 4) is 5.75 Å². The van der Waals surface area contributed by atoms with E-state index in [-0.39, 0.29) is 16.5 Å². The minimum Gasteiger partial charge on any atom is -0.494 e. The van der Waals surface area contributed by atoms with Crippen molar-refractivity contribution in [2.75, 3.05) is 56.9 Å². The van der Waals surface area contributed by atoms with E-state index in [9.17, 15) is 4.79 Å². The third-order valence-corrected chi connectivity index (χ3v) is 8.71. The Hall–Kier alpha value is -3.92. The third-order valence-electron chi connectivity index (χ3n) is 8.71. The number of hydrogen-bond acceptors (Lipinski definition) is 8. The van der Waals surface area contributed by atoms with Gasteiger partial charge >= 0.3 is 0 Å². The second kappa shape index (κ2) is 14.0. The molecule has 0 atom stereocenters. The van der Waals surface area contributed by atoms with Crippen LogP contribution in [0.4, 0.5) is 23.0 Å². The van der Waals surface area contributed by atoms with E-state index in [2.05, 4.69) is 45.4 Å². The number of nitrogens with zero attached hydrogens (tertiary/aromatic N) is 4. The Balaban J connectivity index is 1.68. The lowest BCUT2D eigenvalue weighted by atomic mass is 9.27. The fourth-order valence-electron chi connectivity index (χ4n) is 6.49. The highest BCUT2D eigenvalue weighted by Crippen LogP contribution is 2.58. The van der Waals surface area contributed by atoms with Crippen LogP contribution in [0, 0.1) is 5.41 Å². The maximum absolute atomic E-state index is 12.4. The summed E-state index contributed by atoms with van der Waals surface area (Å²) >= 11 is 0. The average molecular weight is 583 g/mol. The van der Waals surface area contributed by atoms with Crippen LogP contribution >= 0.6 is 0 Å². The molecular formula is C33H45BN7O2. The maximum Gasteiger partial charge on any atom is 0.247 e. The number of allylic oxidation sites excluding steroid dienone is 4. The fourth-order valence-corrected chi connectivity index (χ4v) is 6.49. The predicted molar refractivity (Wildman–Crippen MR) is 178 cm³/mol. The van der Waals surface area contributed by atoms with Gasteiger partial charge in [0.2, 0.25) is 11.9 Å². The summed E-state index contributed by atoms with van der Waals surface area (Å²) in [5, 5.41) is 14.2. The number of carbonyl (C=O) groups excluding carboxylic acids is 1. The third kappa shape index (κ3) is 7.18. The Morgan fingerprint density at radius 3 is 2.53 bits per heavy atom. The number of methoxy groups -OCH3 is 1. The summed E-state index contributed by atoms with van der Waals surface area (Å²) in [6.07, 6.45) is 17.0. The molecule has 9 nitrogen and oxygen atoms in total. The number of likely N-dealkylation sites (N-methyl/N-ethyl adjacent to an activating group) is 2. The van der Waals surface area contributed by atoms with Crippen LogP contribution in [0.25, 0.3) is 0 Å². The Morgan fingerprint density at radius 2 is 1.91 bits per heavy atom. The van der Waals surface area contributed by atoms with Crippen LogP contribution in [0.3, 0.4) is 0 Å². The number of carbonyl (C=O) groups is 1. The van der Waals surface area contributed by atoms with Gasteiger partial charge in [-0.25, -0.2) is 9.97 Å². The Morgan fingerprint density at radius 1 is 1.16 bits per heavy atom. The van der Waals surface area contributed by atoms with Crippen LogP contribution in [-0.2, 0) is 10.1 Å². The molecule has 227 valence electrons. The van der Waals surface area contributed by atoms with Gasteiger partial charge in [-0.3, -0.25) is 4.79 Å². The second-order valence-corrected chi connectivity index (χ2v) is 11.8. The first-order valence-electron chi connectivity index (χ1n) is 15.0. The van der Waals surface area contributed by atoms with Crippen LogP contribution in [0.5, 0.6) is 5.75 Å². The minimum absolute atomic E-state index is 0.119. The van der Waals surface area contributed by atoms with Gasteiger partial charge in [-0.05, 0) is 68.3 Å². The minimum atomic E-state index is -0.294. The summed E-state index contributed by atoms with van der Waals surface area (Å²) in [7, 11) is 10.2. The van der Waals surface area contributed by atoms with Crippen LogP contribution in [0.2, 0.25) is 5.31 Å². The molecule has 2 aliphatic rings. The second-order valence-electron chi connectivity index (χ2n) is 11.8. The molecular weight excluding hydrogens is 537 g/mol. The van der Waals surface area contributed by atoms with Crippen molar-refractivity contribution in [3.63, 3.8) is 0 Å². The highest BCUT2D eigenvalue weighted by atomic mass is 16.5. The van der Waals surface area contributed by atoms with Gasteiger partial charge in [0, 0.05) is 44.3 Å². The average Bonchev–Trinajstić information content (AvgIpc) is 3.00. The number of amides is 1. The molecule has 3 heterocycles. The predicted octanol–water partition coefficient (Wildman–Crippen LogP) is 5.93. The van der Waals surface area contributed by atoms with E-state index in [4.69, 9.17) is 15.1 Å². The summed E-state index contributed by atoms with van der Waals surface area (Å²) in [4.78, 5) is 26.2. The van der Waals surface area contributed by atoms with Gasteiger partial charge in [-0.1, -0.05) is 50.5 Å². The highest BCUT2D eigenvalue weighted by Gasteiger charge is 2.51. The molecule has 2 bridgehead atoms. The number of aromatic nitrogens is 2. The smallest absolute Gasteiger partial charge is 0.247 e. The molecule has 1 aromatic heterocycles. The molecule has 3 N–H and O–H groups in total. The summed E-state index contributed by atoms with van der Waals surface area (Å²) in [6.45, 7) is 7.22. The molecule has 10 heteroatoms. The SMILES string of the molecule is C=CC(=O)Nc1cc(Nc2nccc(C34[B]C(/C(C=N)=C/C=C\C)(CCC3)CCC4)n2)c(OC)cc1N(C)CCN(C)C. The van der Waals surface area contributed by atoms with Gasteiger partial charge in [0.1, 0.15) is 13.0 Å². The van der Waals surface area contributed by atoms with Crippen molar-refractivity contribution in [1.29, 1.82) is 5.41 Å². The quantitative estimate of drug-likeness (QED) is 0.116. The van der Waals surface area contributed by atoms with E-state index in [1.54, 1.807) is 7.11 Å². The number of hydrogen-bond donors (Lipinski definition) is 3. The zero-order valence-electron chi connectivity index (χ0n) is 26.2. The summed E-state index contributed by atoms with van der Waals surface area (Å²) < 4.78 is 5.79. The van der Waals surface area contributed by atoms with Crippen LogP contribution in [-0.4, -0.2) is 75.6 Å². The fraction of sp³-hybridized carbons (Fsp3) is 0.455. The molecule has 0 unspecified atom stereocenters. The molecule has 0 saturated carbocycles. The molecule has 2 fully saturated rings. The lowest BCUT2D eigenvalue weighted by Gasteiger charge is -2.52. The Bertz CT molecular complexity index is 1380. The first-order chi connectivity index (χ1) is 20.7. The zero-order valence-corrected chi connectivity index (χ0v) is 26.2. The summed E-state index contributed by atoms with van der Waals surface area (Å²) in [5.41, 5.74) is 4.16. The number of rotatable bonds is 13. The van der Waals surface area contributed by atoms with Gasteiger partial charge in [0.25, 0.3) is 0 Å². The molecule has 0 aliphatic carbocycles. The number of ether oxygens (including phenoxy) is 1. The molecule has 4 rings (SSSR count). The number of nitrogens with one attached hydrogen (secondary N) is 3. The van der Waals surface area contributed by atoms with Crippen molar-refractivity contribution in [2.45, 2.75) is 56.1 Å². The molecule has 2 saturated heterocycles. The van der Waals surface area contributed by atoms with E-state index in [1.165, 1.54) is 12.3 Å². The lowest BCUT2D eigenvalue weighted by Crippen LogP contribution is -2.49. The Kier molecular flexibility index (Phi) is 10.4.